The van der Waals surface area contributed by atoms with Crippen LogP contribution in [0.3, 0.4) is 0 Å². The second-order valence-corrected chi connectivity index (χ2v) is 8.26. The molecule has 4 aliphatic carbocycles. The minimum absolute atomic E-state index is 0.0624. The third-order valence-corrected chi connectivity index (χ3v) is 7.25. The van der Waals surface area contributed by atoms with Gasteiger partial charge in [0.15, 0.2) is 0 Å². The highest BCUT2D eigenvalue weighted by Gasteiger charge is 2.60. The van der Waals surface area contributed by atoms with Crippen LogP contribution in [0.4, 0.5) is 0 Å². The van der Waals surface area contributed by atoms with Crippen molar-refractivity contribution < 1.29 is 19.0 Å². The Morgan fingerprint density at radius 3 is 2.83 bits per heavy atom. The third kappa shape index (κ3) is 2.37. The monoisotopic (exact) mass is 318 g/mol. The van der Waals surface area contributed by atoms with Crippen LogP contribution >= 0.6 is 0 Å². The largest absolute Gasteiger partial charge is 0.463 e. The molecule has 4 heteroatoms. The Kier molecular flexibility index (Phi) is 3.52. The van der Waals surface area contributed by atoms with Crippen LogP contribution < -0.4 is 0 Å². The molecule has 4 bridgehead atoms. The predicted molar refractivity (Wildman–Crippen MR) is 83.3 cm³/mol. The summed E-state index contributed by atoms with van der Waals surface area (Å²) in [7, 11) is 0. The fourth-order valence-corrected chi connectivity index (χ4v) is 6.51. The van der Waals surface area contributed by atoms with Crippen LogP contribution in [-0.4, -0.2) is 32.1 Å². The van der Waals surface area contributed by atoms with Gasteiger partial charge in [0.2, 0.25) is 0 Å². The Balaban J connectivity index is 1.11. The second-order valence-electron chi connectivity index (χ2n) is 8.26. The van der Waals surface area contributed by atoms with Crippen LogP contribution in [0.1, 0.15) is 32.1 Å². The summed E-state index contributed by atoms with van der Waals surface area (Å²) in [5.74, 6) is 6.18. The lowest BCUT2D eigenvalue weighted by Gasteiger charge is -2.36. The van der Waals surface area contributed by atoms with Crippen molar-refractivity contribution in [3.8, 4) is 0 Å². The van der Waals surface area contributed by atoms with Gasteiger partial charge >= 0.3 is 5.97 Å². The Hall–Kier alpha value is -0.870. The molecule has 0 amide bonds. The summed E-state index contributed by atoms with van der Waals surface area (Å²) in [5.41, 5.74) is 0. The average molecular weight is 318 g/mol. The zero-order valence-corrected chi connectivity index (χ0v) is 13.6. The highest BCUT2D eigenvalue weighted by atomic mass is 16.7. The van der Waals surface area contributed by atoms with E-state index in [2.05, 4.69) is 12.2 Å². The lowest BCUT2D eigenvalue weighted by Crippen LogP contribution is -2.31. The van der Waals surface area contributed by atoms with Gasteiger partial charge in [-0.2, -0.15) is 0 Å². The maximum absolute atomic E-state index is 12.0. The number of fused-ring (bicyclic) bond motifs is 9. The molecule has 3 saturated carbocycles. The number of rotatable bonds is 5. The van der Waals surface area contributed by atoms with Crippen LogP contribution in [0, 0.1) is 41.4 Å². The Labute approximate surface area is 137 Å². The molecule has 0 spiro atoms. The second kappa shape index (κ2) is 5.59. The predicted octanol–water partition coefficient (Wildman–Crippen LogP) is 2.78. The van der Waals surface area contributed by atoms with Gasteiger partial charge < -0.3 is 14.2 Å². The molecule has 4 nitrogen and oxygen atoms in total. The number of hydrogen-bond acceptors (Lipinski definition) is 4. The maximum atomic E-state index is 12.0. The first-order valence-corrected chi connectivity index (χ1v) is 9.33. The van der Waals surface area contributed by atoms with Gasteiger partial charge in [-0.15, -0.1) is 0 Å². The molecule has 23 heavy (non-hydrogen) atoms. The molecule has 8 unspecified atom stereocenters. The van der Waals surface area contributed by atoms with Gasteiger partial charge in [0, 0.05) is 6.42 Å². The van der Waals surface area contributed by atoms with Gasteiger partial charge in [-0.1, -0.05) is 12.2 Å². The lowest BCUT2D eigenvalue weighted by molar-refractivity contribution is -0.147. The van der Waals surface area contributed by atoms with E-state index in [9.17, 15) is 4.79 Å². The van der Waals surface area contributed by atoms with Gasteiger partial charge in [-0.05, 0) is 67.1 Å². The van der Waals surface area contributed by atoms with E-state index in [1.54, 1.807) is 0 Å². The van der Waals surface area contributed by atoms with Crippen molar-refractivity contribution in [2.24, 2.45) is 41.4 Å². The van der Waals surface area contributed by atoms with E-state index in [1.165, 1.54) is 19.3 Å². The van der Waals surface area contributed by atoms with Crippen LogP contribution in [0.15, 0.2) is 12.2 Å². The van der Waals surface area contributed by atoms with Crippen molar-refractivity contribution in [1.29, 1.82) is 0 Å². The molecule has 4 fully saturated rings. The Morgan fingerprint density at radius 2 is 2.00 bits per heavy atom. The van der Waals surface area contributed by atoms with E-state index in [4.69, 9.17) is 14.2 Å². The molecule has 126 valence electrons. The molecule has 5 rings (SSSR count). The van der Waals surface area contributed by atoms with Gasteiger partial charge in [-0.25, -0.2) is 0 Å². The van der Waals surface area contributed by atoms with E-state index < -0.39 is 0 Å². The van der Waals surface area contributed by atoms with Crippen molar-refractivity contribution in [1.82, 2.24) is 0 Å². The van der Waals surface area contributed by atoms with E-state index in [1.807, 2.05) is 0 Å². The fraction of sp³-hybridized carbons (Fsp3) is 0.842. The first-order chi connectivity index (χ1) is 11.3. The highest BCUT2D eigenvalue weighted by Crippen LogP contribution is 2.67. The van der Waals surface area contributed by atoms with Crippen molar-refractivity contribution in [2.75, 3.05) is 20.0 Å². The van der Waals surface area contributed by atoms with Gasteiger partial charge in [-0.3, -0.25) is 4.79 Å². The molecule has 1 heterocycles. The van der Waals surface area contributed by atoms with Crippen LogP contribution in [0.25, 0.3) is 0 Å². The number of carbonyl (C=O) groups is 1. The normalized spacial score (nSPS) is 49.0. The van der Waals surface area contributed by atoms with E-state index in [-0.39, 0.29) is 12.1 Å². The molecule has 0 N–H and O–H groups in total. The van der Waals surface area contributed by atoms with Crippen molar-refractivity contribution >= 4 is 5.97 Å². The smallest absolute Gasteiger partial charge is 0.305 e. The molecule has 0 aromatic rings. The third-order valence-electron chi connectivity index (χ3n) is 7.25. The fourth-order valence-electron chi connectivity index (χ4n) is 6.51. The average Bonchev–Trinajstić information content (AvgIpc) is 3.36. The van der Waals surface area contributed by atoms with E-state index in [0.717, 1.165) is 47.8 Å². The first kappa shape index (κ1) is 14.5. The standard InChI is InChI=1S/C19H26O4/c20-17(22-9-15-8-21-10-23-15)4-3-11-5-14-7-16(11)19-13-2-1-12(6-13)18(14)19/h1-2,11-16,18-19H,3-10H2. The lowest BCUT2D eigenvalue weighted by atomic mass is 9.68. The van der Waals surface area contributed by atoms with Crippen molar-refractivity contribution in [3.05, 3.63) is 12.2 Å². The summed E-state index contributed by atoms with van der Waals surface area (Å²) >= 11 is 0. The number of ether oxygens (including phenoxy) is 3. The zero-order chi connectivity index (χ0) is 15.4. The quantitative estimate of drug-likeness (QED) is 0.444. The van der Waals surface area contributed by atoms with E-state index >= 15 is 0 Å². The minimum Gasteiger partial charge on any atom is -0.463 e. The summed E-state index contributed by atoms with van der Waals surface area (Å²) < 4.78 is 15.7. The number of hydrogen-bond donors (Lipinski definition) is 0. The molecule has 5 aliphatic rings. The molecular weight excluding hydrogens is 292 g/mol. The van der Waals surface area contributed by atoms with Gasteiger partial charge in [0.1, 0.15) is 19.5 Å². The summed E-state index contributed by atoms with van der Waals surface area (Å²) in [6, 6.07) is 0. The molecule has 0 aromatic carbocycles. The molecular formula is C19H26O4. The summed E-state index contributed by atoms with van der Waals surface area (Å²) in [6.45, 7) is 1.21. The summed E-state index contributed by atoms with van der Waals surface area (Å²) in [5, 5.41) is 0. The zero-order valence-electron chi connectivity index (χ0n) is 13.6. The molecule has 8 atom stereocenters. The van der Waals surface area contributed by atoms with Gasteiger partial charge in [0.25, 0.3) is 0 Å². The van der Waals surface area contributed by atoms with Crippen LogP contribution in [0.2, 0.25) is 0 Å². The molecule has 1 aliphatic heterocycles. The molecule has 0 radical (unpaired) electrons. The topological polar surface area (TPSA) is 44.8 Å². The first-order valence-electron chi connectivity index (χ1n) is 9.33. The summed E-state index contributed by atoms with van der Waals surface area (Å²) in [6.07, 6.45) is 10.7. The van der Waals surface area contributed by atoms with Crippen molar-refractivity contribution in [3.63, 3.8) is 0 Å². The minimum atomic E-state index is -0.0666. The number of carbonyl (C=O) groups excluding carboxylic acids is 1. The maximum Gasteiger partial charge on any atom is 0.305 e. The van der Waals surface area contributed by atoms with E-state index in [0.29, 0.717) is 26.4 Å². The van der Waals surface area contributed by atoms with Gasteiger partial charge in [0.05, 0.1) is 6.61 Å². The molecule has 0 aromatic heterocycles. The SMILES string of the molecule is O=C(CCC1CC2CC1C1C3C=CC(C3)C21)OCC1COCO1. The Morgan fingerprint density at radius 1 is 1.13 bits per heavy atom. The van der Waals surface area contributed by atoms with Crippen LogP contribution in [0.5, 0.6) is 0 Å². The number of esters is 1. The molecule has 1 saturated heterocycles. The highest BCUT2D eigenvalue weighted by molar-refractivity contribution is 5.69. The summed E-state index contributed by atoms with van der Waals surface area (Å²) in [4.78, 5) is 12.0. The number of allylic oxidation sites excluding steroid dienone is 2. The van der Waals surface area contributed by atoms with Crippen LogP contribution in [-0.2, 0) is 19.0 Å². The van der Waals surface area contributed by atoms with Crippen molar-refractivity contribution in [2.45, 2.75) is 38.2 Å². The Bertz CT molecular complexity index is 509.